The summed E-state index contributed by atoms with van der Waals surface area (Å²) in [5.41, 5.74) is 2.64. The number of benzene rings is 4. The van der Waals surface area contributed by atoms with Crippen molar-refractivity contribution in [3.8, 4) is 0 Å². The summed E-state index contributed by atoms with van der Waals surface area (Å²) in [5, 5.41) is 0. The fourth-order valence-corrected chi connectivity index (χ4v) is 6.63. The summed E-state index contributed by atoms with van der Waals surface area (Å²) in [6.45, 7) is 3.45. The first-order valence-electron chi connectivity index (χ1n) is 13.3. The maximum atomic E-state index is 14.7. The molecule has 202 valence electrons. The van der Waals surface area contributed by atoms with Gasteiger partial charge in [0, 0.05) is 43.9 Å². The normalized spacial score (nSPS) is 17.2. The zero-order chi connectivity index (χ0) is 27.6. The highest BCUT2D eigenvalue weighted by molar-refractivity contribution is 7.85. The molecule has 2 aliphatic rings. The second kappa shape index (κ2) is 11.2. The van der Waals surface area contributed by atoms with Crippen molar-refractivity contribution in [2.45, 2.75) is 22.9 Å². The van der Waals surface area contributed by atoms with E-state index in [4.69, 9.17) is 0 Å². The molecule has 4 aromatic carbocycles. The zero-order valence-corrected chi connectivity index (χ0v) is 22.6. The molecule has 40 heavy (non-hydrogen) atoms. The standard InChI is InChI=1S/C32H28FN3O3S/c33-27-12-6-4-10-25(27)22-36-28-20-24(14-15-30(28)40(39)29-13-7-5-11-26(29)32(36)38)31(37)35-18-16-34(17-19-35)21-23-8-2-1-3-9-23/h1-15,20H,16-19,21-22H2/t40-/m1/s1. The van der Waals surface area contributed by atoms with Crippen LogP contribution in [0.1, 0.15) is 31.8 Å². The van der Waals surface area contributed by atoms with Crippen LogP contribution in [-0.4, -0.2) is 52.0 Å². The average Bonchev–Trinajstić information content (AvgIpc) is 3.08. The number of fused-ring (bicyclic) bond motifs is 2. The first kappa shape index (κ1) is 26.1. The topological polar surface area (TPSA) is 60.9 Å². The van der Waals surface area contributed by atoms with Crippen LogP contribution in [0, 0.1) is 5.82 Å². The molecule has 4 aromatic rings. The highest BCUT2D eigenvalue weighted by atomic mass is 32.2. The van der Waals surface area contributed by atoms with Crippen LogP contribution in [0.2, 0.25) is 0 Å². The summed E-state index contributed by atoms with van der Waals surface area (Å²) in [4.78, 5) is 33.8. The molecule has 0 N–H and O–H groups in total. The van der Waals surface area contributed by atoms with Gasteiger partial charge >= 0.3 is 0 Å². The van der Waals surface area contributed by atoms with Gasteiger partial charge in [0.1, 0.15) is 5.82 Å². The van der Waals surface area contributed by atoms with Crippen molar-refractivity contribution in [1.82, 2.24) is 9.80 Å². The molecular weight excluding hydrogens is 525 g/mol. The minimum atomic E-state index is -1.65. The molecule has 1 saturated heterocycles. The highest BCUT2D eigenvalue weighted by Crippen LogP contribution is 2.36. The Balaban J connectivity index is 1.30. The Morgan fingerprint density at radius 3 is 2.25 bits per heavy atom. The van der Waals surface area contributed by atoms with Crippen LogP contribution in [-0.2, 0) is 23.9 Å². The van der Waals surface area contributed by atoms with E-state index in [1.165, 1.54) is 16.5 Å². The fourth-order valence-electron chi connectivity index (χ4n) is 5.28. The van der Waals surface area contributed by atoms with E-state index in [0.29, 0.717) is 45.3 Å². The SMILES string of the molecule is O=C(c1ccc2c(c1)N(Cc1ccccc1F)C(=O)c1ccccc1[S@]2=O)N1CCN(Cc2ccccc2)CC1. The predicted molar refractivity (Wildman–Crippen MR) is 152 cm³/mol. The van der Waals surface area contributed by atoms with Gasteiger partial charge in [-0.3, -0.25) is 14.5 Å². The Kier molecular flexibility index (Phi) is 7.28. The molecule has 0 unspecified atom stereocenters. The summed E-state index contributed by atoms with van der Waals surface area (Å²) in [6.07, 6.45) is 0. The van der Waals surface area contributed by atoms with Gasteiger partial charge in [0.2, 0.25) is 0 Å². The second-order valence-electron chi connectivity index (χ2n) is 9.98. The number of piperazine rings is 1. The van der Waals surface area contributed by atoms with Crippen molar-refractivity contribution < 1.29 is 18.2 Å². The first-order chi connectivity index (χ1) is 19.5. The van der Waals surface area contributed by atoms with Gasteiger partial charge in [-0.1, -0.05) is 60.7 Å². The number of anilines is 1. The van der Waals surface area contributed by atoms with Crippen molar-refractivity contribution in [3.05, 3.63) is 125 Å². The third-order valence-corrected chi connectivity index (χ3v) is 8.95. The van der Waals surface area contributed by atoms with Gasteiger partial charge in [0.15, 0.2) is 0 Å². The molecular formula is C32H28FN3O3S. The summed E-state index contributed by atoms with van der Waals surface area (Å²) in [7, 11) is -1.65. The Labute approximate surface area is 235 Å². The van der Waals surface area contributed by atoms with Crippen LogP contribution in [0.15, 0.2) is 107 Å². The lowest BCUT2D eigenvalue weighted by Gasteiger charge is -2.35. The van der Waals surface area contributed by atoms with Crippen molar-refractivity contribution in [1.29, 1.82) is 0 Å². The lowest BCUT2D eigenvalue weighted by molar-refractivity contribution is 0.0628. The minimum Gasteiger partial charge on any atom is -0.336 e. The zero-order valence-electron chi connectivity index (χ0n) is 21.8. The Hall–Kier alpha value is -4.14. The van der Waals surface area contributed by atoms with Gasteiger partial charge in [0.25, 0.3) is 11.8 Å². The van der Waals surface area contributed by atoms with Crippen LogP contribution in [0.3, 0.4) is 0 Å². The molecule has 0 bridgehead atoms. The van der Waals surface area contributed by atoms with E-state index in [2.05, 4.69) is 17.0 Å². The summed E-state index contributed by atoms with van der Waals surface area (Å²) in [6, 6.07) is 28.3. The van der Waals surface area contributed by atoms with Gasteiger partial charge < -0.3 is 9.80 Å². The quantitative estimate of drug-likeness (QED) is 0.345. The second-order valence-corrected chi connectivity index (χ2v) is 11.4. The van der Waals surface area contributed by atoms with Crippen LogP contribution >= 0.6 is 0 Å². The van der Waals surface area contributed by atoms with Gasteiger partial charge in [0.05, 0.1) is 38.4 Å². The van der Waals surface area contributed by atoms with Crippen LogP contribution in [0.25, 0.3) is 0 Å². The van der Waals surface area contributed by atoms with E-state index < -0.39 is 16.6 Å². The molecule has 1 atom stereocenters. The number of amides is 2. The number of carbonyl (C=O) groups is 2. The van der Waals surface area contributed by atoms with Crippen molar-refractivity contribution in [2.24, 2.45) is 0 Å². The lowest BCUT2D eigenvalue weighted by Crippen LogP contribution is -2.48. The first-order valence-corrected chi connectivity index (χ1v) is 14.4. The van der Waals surface area contributed by atoms with E-state index >= 15 is 0 Å². The minimum absolute atomic E-state index is 0.0557. The predicted octanol–water partition coefficient (Wildman–Crippen LogP) is 5.11. The molecule has 0 aliphatic carbocycles. The number of carbonyl (C=O) groups excluding carboxylic acids is 2. The molecule has 0 saturated carbocycles. The molecule has 2 heterocycles. The third-order valence-electron chi connectivity index (χ3n) is 7.45. The van der Waals surface area contributed by atoms with E-state index in [1.807, 2.05) is 23.1 Å². The van der Waals surface area contributed by atoms with Crippen molar-refractivity contribution in [2.75, 3.05) is 31.1 Å². The monoisotopic (exact) mass is 553 g/mol. The molecule has 0 aromatic heterocycles. The van der Waals surface area contributed by atoms with Crippen LogP contribution in [0.5, 0.6) is 0 Å². The molecule has 0 radical (unpaired) electrons. The van der Waals surface area contributed by atoms with Gasteiger partial charge in [-0.2, -0.15) is 0 Å². The Morgan fingerprint density at radius 2 is 1.48 bits per heavy atom. The summed E-state index contributed by atoms with van der Waals surface area (Å²) in [5.74, 6) is -0.964. The van der Waals surface area contributed by atoms with Crippen molar-refractivity contribution in [3.63, 3.8) is 0 Å². The number of rotatable bonds is 5. The average molecular weight is 554 g/mol. The molecule has 6 rings (SSSR count). The molecule has 1 fully saturated rings. The van der Waals surface area contributed by atoms with Crippen LogP contribution < -0.4 is 4.90 Å². The summed E-state index contributed by atoms with van der Waals surface area (Å²) < 4.78 is 28.3. The molecule has 8 heteroatoms. The number of hydrogen-bond donors (Lipinski definition) is 0. The van der Waals surface area contributed by atoms with E-state index in [9.17, 15) is 18.2 Å². The molecule has 0 spiro atoms. The molecule has 2 amide bonds. The Morgan fingerprint density at radius 1 is 0.775 bits per heavy atom. The smallest absolute Gasteiger partial charge is 0.259 e. The maximum Gasteiger partial charge on any atom is 0.259 e. The fraction of sp³-hybridized carbons (Fsp3) is 0.188. The van der Waals surface area contributed by atoms with E-state index in [1.54, 1.807) is 60.7 Å². The lowest BCUT2D eigenvalue weighted by atomic mass is 10.1. The Bertz CT molecular complexity index is 1600. The van der Waals surface area contributed by atoms with Gasteiger partial charge in [-0.25, -0.2) is 8.60 Å². The van der Waals surface area contributed by atoms with Crippen molar-refractivity contribution >= 4 is 28.3 Å². The van der Waals surface area contributed by atoms with E-state index in [-0.39, 0.29) is 18.4 Å². The summed E-state index contributed by atoms with van der Waals surface area (Å²) >= 11 is 0. The number of halogens is 1. The maximum absolute atomic E-state index is 14.7. The van der Waals surface area contributed by atoms with Crippen LogP contribution in [0.4, 0.5) is 10.1 Å². The number of nitrogens with zero attached hydrogens (tertiary/aromatic N) is 3. The molecule has 6 nitrogen and oxygen atoms in total. The number of hydrogen-bond acceptors (Lipinski definition) is 4. The molecule has 2 aliphatic heterocycles. The largest absolute Gasteiger partial charge is 0.336 e. The third kappa shape index (κ3) is 5.08. The van der Waals surface area contributed by atoms with E-state index in [0.717, 1.165) is 19.6 Å². The van der Waals surface area contributed by atoms with Gasteiger partial charge in [-0.05, 0) is 42.0 Å². The van der Waals surface area contributed by atoms with Gasteiger partial charge in [-0.15, -0.1) is 0 Å². The highest BCUT2D eigenvalue weighted by Gasteiger charge is 2.32.